The fourth-order valence-corrected chi connectivity index (χ4v) is 5.02. The Hall–Kier alpha value is -3.83. The van der Waals surface area contributed by atoms with Gasteiger partial charge in [0, 0.05) is 69.3 Å². The fraction of sp³-hybridized carbons (Fsp3) is 0.462. The van der Waals surface area contributed by atoms with Crippen molar-refractivity contribution in [2.24, 2.45) is 7.05 Å². The van der Waals surface area contributed by atoms with Crippen LogP contribution in [0.25, 0.3) is 22.2 Å². The summed E-state index contributed by atoms with van der Waals surface area (Å²) in [6.07, 6.45) is 5.03. The van der Waals surface area contributed by atoms with Crippen LogP contribution in [0.15, 0.2) is 36.9 Å². The Kier molecular flexibility index (Phi) is 6.89. The largest absolute Gasteiger partial charge is 0.473 e. The van der Waals surface area contributed by atoms with Crippen molar-refractivity contribution in [2.45, 2.75) is 57.5 Å². The number of fused-ring (bicyclic) bond motifs is 1. The van der Waals surface area contributed by atoms with E-state index in [-0.39, 0.29) is 23.7 Å². The summed E-state index contributed by atoms with van der Waals surface area (Å²) in [5, 5.41) is 13.5. The second-order valence-corrected chi connectivity index (χ2v) is 9.79. The topological polar surface area (TPSA) is 85.9 Å². The highest BCUT2D eigenvalue weighted by atomic mass is 19.4. The van der Waals surface area contributed by atoms with Gasteiger partial charge >= 0.3 is 6.18 Å². The molecule has 202 valence electrons. The zero-order valence-electron chi connectivity index (χ0n) is 21.8. The molecule has 0 radical (unpaired) electrons. The Morgan fingerprint density at radius 1 is 1.13 bits per heavy atom. The van der Waals surface area contributed by atoms with Crippen molar-refractivity contribution in [1.82, 2.24) is 29.5 Å². The van der Waals surface area contributed by atoms with Crippen LogP contribution in [0.4, 0.5) is 24.7 Å². The molecule has 4 aromatic heterocycles. The number of rotatable bonds is 7. The number of pyridine rings is 2. The Labute approximate surface area is 218 Å². The van der Waals surface area contributed by atoms with Crippen LogP contribution in [0, 0.1) is 0 Å². The molecule has 1 saturated carbocycles. The summed E-state index contributed by atoms with van der Waals surface area (Å²) in [5.41, 5.74) is 2.00. The summed E-state index contributed by atoms with van der Waals surface area (Å²) >= 11 is 0. The smallest absolute Gasteiger partial charge is 0.418 e. The molecule has 0 aliphatic heterocycles. The number of nitrogens with zero attached hydrogens (tertiary/aromatic N) is 7. The van der Waals surface area contributed by atoms with Crippen molar-refractivity contribution < 1.29 is 17.9 Å². The van der Waals surface area contributed by atoms with Gasteiger partial charge in [0.1, 0.15) is 23.3 Å². The summed E-state index contributed by atoms with van der Waals surface area (Å²) in [6.45, 7) is 2.77. The average Bonchev–Trinajstić information content (AvgIpc) is 3.47. The zero-order valence-corrected chi connectivity index (χ0v) is 21.8. The fourth-order valence-electron chi connectivity index (χ4n) is 5.02. The van der Waals surface area contributed by atoms with E-state index in [0.717, 1.165) is 59.6 Å². The summed E-state index contributed by atoms with van der Waals surface area (Å²) in [4.78, 5) is 10.2. The molecule has 9 nitrogen and oxygen atoms in total. The lowest BCUT2D eigenvalue weighted by atomic mass is 9.93. The lowest BCUT2D eigenvalue weighted by molar-refractivity contribution is -0.137. The van der Waals surface area contributed by atoms with E-state index in [0.29, 0.717) is 12.8 Å². The van der Waals surface area contributed by atoms with Gasteiger partial charge < -0.3 is 15.0 Å². The maximum atomic E-state index is 13.5. The van der Waals surface area contributed by atoms with Crippen LogP contribution in [0.2, 0.25) is 0 Å². The van der Waals surface area contributed by atoms with Gasteiger partial charge in [-0.25, -0.2) is 9.97 Å². The quantitative estimate of drug-likeness (QED) is 0.356. The van der Waals surface area contributed by atoms with Crippen molar-refractivity contribution >= 4 is 22.4 Å². The first-order valence-electron chi connectivity index (χ1n) is 12.7. The van der Waals surface area contributed by atoms with Crippen molar-refractivity contribution in [3.05, 3.63) is 42.5 Å². The number of nitrogens with one attached hydrogen (secondary N) is 1. The van der Waals surface area contributed by atoms with E-state index in [2.05, 4.69) is 27.3 Å². The van der Waals surface area contributed by atoms with E-state index in [9.17, 15) is 13.2 Å². The molecule has 0 saturated heterocycles. The van der Waals surface area contributed by atoms with E-state index in [1.54, 1.807) is 25.0 Å². The van der Waals surface area contributed by atoms with Crippen LogP contribution in [0.3, 0.4) is 0 Å². The highest BCUT2D eigenvalue weighted by Gasteiger charge is 2.36. The highest BCUT2D eigenvalue weighted by molar-refractivity contribution is 5.93. The predicted molar refractivity (Wildman–Crippen MR) is 139 cm³/mol. The molecule has 4 aromatic rings. The molecule has 0 atom stereocenters. The van der Waals surface area contributed by atoms with Crippen LogP contribution in [0.5, 0.6) is 5.88 Å². The van der Waals surface area contributed by atoms with Crippen LogP contribution >= 0.6 is 0 Å². The summed E-state index contributed by atoms with van der Waals surface area (Å²) in [7, 11) is 5.00. The molecule has 0 spiro atoms. The Balaban J connectivity index is 1.27. The third-order valence-corrected chi connectivity index (χ3v) is 6.86. The van der Waals surface area contributed by atoms with Crippen LogP contribution in [-0.2, 0) is 19.8 Å². The minimum atomic E-state index is -4.48. The summed E-state index contributed by atoms with van der Waals surface area (Å²) in [6, 6.07) is 3.18. The standard InChI is InChI=1S/C26H31F3N8O/c1-5-37-21-12-22(31-14-19(21)23(34-37)16-13-32-36(4)15-16)33-17-6-8-18(9-7-17)38-25-24(35(2)3)20(10-11-30-25)26(27,28)29/h10-15,17-18H,5-9H2,1-4H3,(H,31,33). The first kappa shape index (κ1) is 25.8. The maximum Gasteiger partial charge on any atom is 0.418 e. The lowest BCUT2D eigenvalue weighted by Gasteiger charge is -2.31. The monoisotopic (exact) mass is 528 g/mol. The lowest BCUT2D eigenvalue weighted by Crippen LogP contribution is -2.32. The molecule has 0 unspecified atom stereocenters. The third-order valence-electron chi connectivity index (χ3n) is 6.86. The minimum absolute atomic E-state index is 0.0191. The molecule has 4 heterocycles. The SMILES string of the molecule is CCn1nc(-c2cnn(C)c2)c2cnc(NC3CCC(Oc4nccc(C(F)(F)F)c4N(C)C)CC3)cc21. The van der Waals surface area contributed by atoms with Crippen molar-refractivity contribution in [1.29, 1.82) is 0 Å². The Bertz CT molecular complexity index is 1420. The summed E-state index contributed by atoms with van der Waals surface area (Å²) in [5.74, 6) is 0.786. The maximum absolute atomic E-state index is 13.5. The van der Waals surface area contributed by atoms with E-state index in [1.807, 2.05) is 30.2 Å². The minimum Gasteiger partial charge on any atom is -0.473 e. The van der Waals surface area contributed by atoms with Gasteiger partial charge in [0.15, 0.2) is 0 Å². The molecular formula is C26H31F3N8O. The summed E-state index contributed by atoms with van der Waals surface area (Å²) < 4.78 is 50.3. The number of alkyl halides is 3. The third kappa shape index (κ3) is 5.11. The van der Waals surface area contributed by atoms with Gasteiger partial charge in [0.25, 0.3) is 0 Å². The van der Waals surface area contributed by atoms with Crippen molar-refractivity contribution in [3.63, 3.8) is 0 Å². The molecule has 1 aliphatic rings. The molecule has 1 fully saturated rings. The predicted octanol–water partition coefficient (Wildman–Crippen LogP) is 5.13. The molecule has 12 heteroatoms. The van der Waals surface area contributed by atoms with E-state index in [1.165, 1.54) is 4.90 Å². The molecule has 5 rings (SSSR count). The molecule has 38 heavy (non-hydrogen) atoms. The van der Waals surface area contributed by atoms with Gasteiger partial charge in [-0.3, -0.25) is 9.36 Å². The molecular weight excluding hydrogens is 497 g/mol. The normalized spacial score (nSPS) is 18.1. The van der Waals surface area contributed by atoms with Crippen LogP contribution in [-0.4, -0.2) is 55.8 Å². The molecule has 1 aliphatic carbocycles. The van der Waals surface area contributed by atoms with E-state index < -0.39 is 11.7 Å². The molecule has 1 N–H and O–H groups in total. The number of anilines is 2. The van der Waals surface area contributed by atoms with E-state index in [4.69, 9.17) is 9.84 Å². The van der Waals surface area contributed by atoms with Gasteiger partial charge in [-0.2, -0.15) is 23.4 Å². The first-order valence-corrected chi connectivity index (χ1v) is 12.7. The second-order valence-electron chi connectivity index (χ2n) is 9.79. The van der Waals surface area contributed by atoms with Crippen molar-refractivity contribution in [2.75, 3.05) is 24.3 Å². The van der Waals surface area contributed by atoms with Crippen LogP contribution in [0.1, 0.15) is 38.2 Å². The number of aryl methyl sites for hydroxylation is 2. The Morgan fingerprint density at radius 2 is 1.89 bits per heavy atom. The van der Waals surface area contributed by atoms with E-state index >= 15 is 0 Å². The molecule has 0 aromatic carbocycles. The Morgan fingerprint density at radius 3 is 2.53 bits per heavy atom. The van der Waals surface area contributed by atoms with Crippen LogP contribution < -0.4 is 15.0 Å². The number of ether oxygens (including phenoxy) is 1. The van der Waals surface area contributed by atoms with Gasteiger partial charge in [0.05, 0.1) is 17.3 Å². The van der Waals surface area contributed by atoms with Crippen molar-refractivity contribution in [3.8, 4) is 17.1 Å². The highest BCUT2D eigenvalue weighted by Crippen LogP contribution is 2.41. The molecule has 0 bridgehead atoms. The van der Waals surface area contributed by atoms with Gasteiger partial charge in [-0.15, -0.1) is 0 Å². The second kappa shape index (κ2) is 10.1. The number of hydrogen-bond donors (Lipinski definition) is 1. The number of aromatic nitrogens is 6. The van der Waals surface area contributed by atoms with Gasteiger partial charge in [0.2, 0.25) is 5.88 Å². The molecule has 0 amide bonds. The zero-order chi connectivity index (χ0) is 27.0. The van der Waals surface area contributed by atoms with Gasteiger partial charge in [-0.1, -0.05) is 0 Å². The average molecular weight is 529 g/mol. The number of hydrogen-bond acceptors (Lipinski definition) is 7. The number of halogens is 3. The first-order chi connectivity index (χ1) is 18.1. The van der Waals surface area contributed by atoms with Gasteiger partial charge in [-0.05, 0) is 38.7 Å².